The second-order valence-electron chi connectivity index (χ2n) is 8.50. The van der Waals surface area contributed by atoms with E-state index in [2.05, 4.69) is 4.98 Å². The lowest BCUT2D eigenvalue weighted by Gasteiger charge is -2.15. The molecule has 0 saturated heterocycles. The van der Waals surface area contributed by atoms with Gasteiger partial charge in [0.05, 0.1) is 35.2 Å². The van der Waals surface area contributed by atoms with Gasteiger partial charge in [0.15, 0.2) is 6.39 Å². The number of hydrogen-bond acceptors (Lipinski definition) is 7. The molecule has 1 aliphatic carbocycles. The van der Waals surface area contributed by atoms with Gasteiger partial charge in [-0.3, -0.25) is 13.9 Å². The van der Waals surface area contributed by atoms with Gasteiger partial charge in [-0.15, -0.1) is 11.3 Å². The number of rotatable bonds is 6. The van der Waals surface area contributed by atoms with Gasteiger partial charge >= 0.3 is 7.60 Å². The summed E-state index contributed by atoms with van der Waals surface area (Å²) < 4.78 is 24.9. The Hall–Kier alpha value is -3.30. The van der Waals surface area contributed by atoms with Gasteiger partial charge in [0.1, 0.15) is 22.2 Å². The highest BCUT2D eigenvalue weighted by atomic mass is 32.1. The van der Waals surface area contributed by atoms with Crippen LogP contribution in [-0.2, 0) is 11.1 Å². The van der Waals surface area contributed by atoms with Crippen LogP contribution in [0.3, 0.4) is 0 Å². The van der Waals surface area contributed by atoms with Gasteiger partial charge in [0, 0.05) is 10.9 Å². The third kappa shape index (κ3) is 3.79. The number of oxazole rings is 1. The maximum Gasteiger partial charge on any atom is 0.357 e. The van der Waals surface area contributed by atoms with Crippen LogP contribution in [0, 0.1) is 0 Å². The van der Waals surface area contributed by atoms with Crippen LogP contribution in [0.5, 0.6) is 5.75 Å². The van der Waals surface area contributed by atoms with Crippen molar-refractivity contribution in [2.45, 2.75) is 25.3 Å². The summed E-state index contributed by atoms with van der Waals surface area (Å²) in [6.45, 7) is 0.114. The number of aromatic nitrogens is 3. The van der Waals surface area contributed by atoms with Gasteiger partial charge < -0.3 is 18.9 Å². The smallest absolute Gasteiger partial charge is 0.357 e. The van der Waals surface area contributed by atoms with E-state index in [4.69, 9.17) is 14.1 Å². The molecule has 0 spiro atoms. The molecule has 1 fully saturated rings. The molecule has 0 atom stereocenters. The maximum absolute atomic E-state index is 14.0. The Bertz CT molecular complexity index is 1700. The first-order valence-electron chi connectivity index (χ1n) is 10.9. The van der Waals surface area contributed by atoms with E-state index in [1.165, 1.54) is 12.5 Å². The number of hydrogen-bond donors (Lipinski definition) is 2. The number of methoxy groups -OCH3 is 1. The molecule has 0 aliphatic heterocycles. The zero-order chi connectivity index (χ0) is 24.3. The Morgan fingerprint density at radius 1 is 1.26 bits per heavy atom. The first kappa shape index (κ1) is 22.2. The van der Waals surface area contributed by atoms with E-state index in [0.717, 1.165) is 41.1 Å². The van der Waals surface area contributed by atoms with Crippen molar-refractivity contribution in [2.24, 2.45) is 0 Å². The summed E-state index contributed by atoms with van der Waals surface area (Å²) in [7, 11) is -2.93. The molecule has 178 valence electrons. The van der Waals surface area contributed by atoms with Crippen LogP contribution in [0.1, 0.15) is 30.1 Å². The molecule has 2 aromatic carbocycles. The quantitative estimate of drug-likeness (QED) is 0.329. The molecule has 2 N–H and O–H groups in total. The molecular formula is C24H20N3O6PS. The molecule has 3 heterocycles. The first-order chi connectivity index (χ1) is 16.8. The van der Waals surface area contributed by atoms with E-state index in [9.17, 15) is 19.1 Å². The number of thiophene rings is 1. The molecule has 11 heteroatoms. The highest BCUT2D eigenvalue weighted by Gasteiger charge is 2.30. The Balaban J connectivity index is 1.69. The predicted octanol–water partition coefficient (Wildman–Crippen LogP) is 4.00. The number of fused-ring (bicyclic) bond motifs is 3. The Labute approximate surface area is 202 Å². The van der Waals surface area contributed by atoms with Crippen molar-refractivity contribution in [1.29, 1.82) is 0 Å². The fourth-order valence-corrected chi connectivity index (χ4v) is 6.66. The first-order valence-corrected chi connectivity index (χ1v) is 13.4. The van der Waals surface area contributed by atoms with E-state index in [1.54, 1.807) is 30.0 Å². The predicted molar refractivity (Wildman–Crippen MR) is 133 cm³/mol. The summed E-state index contributed by atoms with van der Waals surface area (Å²) in [5, 5.41) is 0.687. The molecule has 9 nitrogen and oxygen atoms in total. The fourth-order valence-electron chi connectivity index (χ4n) is 4.43. The van der Waals surface area contributed by atoms with Gasteiger partial charge in [0.2, 0.25) is 0 Å². The van der Waals surface area contributed by atoms with Crippen LogP contribution < -0.4 is 15.6 Å². The van der Waals surface area contributed by atoms with E-state index in [1.807, 2.05) is 18.2 Å². The van der Waals surface area contributed by atoms with Gasteiger partial charge in [-0.1, -0.05) is 12.1 Å². The average Bonchev–Trinajstić information content (AvgIpc) is 3.42. The Morgan fingerprint density at radius 3 is 2.77 bits per heavy atom. The number of benzene rings is 2. The normalized spacial score (nSPS) is 14.1. The SMILES string of the molecule is COc1ccc(-c2nc3sc4c(P(=O)(O)O)cccc4c3c(=O)n2Cc2cnco2)c(C2CC2)c1. The minimum absolute atomic E-state index is 0.108. The standard InChI is InChI=1S/C24H20N3O6PS/c1-32-14-7-8-16(18(9-14)13-5-6-13)22-26-23-20(24(28)27(22)11-15-10-25-12-33-15)17-3-2-4-19(21(17)35-23)34(29,30)31/h2-4,7-10,12-13H,5-6,11H2,1H3,(H2,29,30,31). The summed E-state index contributed by atoms with van der Waals surface area (Å²) in [5.41, 5.74) is 1.56. The Kier molecular flexibility index (Phi) is 5.16. The van der Waals surface area contributed by atoms with Crippen LogP contribution in [0.2, 0.25) is 0 Å². The lowest BCUT2D eigenvalue weighted by molar-refractivity contribution is 0.388. The van der Waals surface area contributed by atoms with Crippen molar-refractivity contribution < 1.29 is 23.5 Å². The minimum Gasteiger partial charge on any atom is -0.497 e. The summed E-state index contributed by atoms with van der Waals surface area (Å²) in [4.78, 5) is 43.0. The van der Waals surface area contributed by atoms with Crippen molar-refractivity contribution in [3.05, 3.63) is 70.7 Å². The molecule has 3 aromatic heterocycles. The number of nitrogens with zero attached hydrogens (tertiary/aromatic N) is 3. The van der Waals surface area contributed by atoms with Gasteiger partial charge in [-0.05, 0) is 48.6 Å². The van der Waals surface area contributed by atoms with Crippen LogP contribution in [-0.4, -0.2) is 31.4 Å². The molecule has 0 unspecified atom stereocenters. The zero-order valence-electron chi connectivity index (χ0n) is 18.5. The van der Waals surface area contributed by atoms with Gasteiger partial charge in [-0.25, -0.2) is 9.97 Å². The molecule has 1 saturated carbocycles. The minimum atomic E-state index is -4.55. The van der Waals surface area contributed by atoms with Crippen molar-refractivity contribution in [3.63, 3.8) is 0 Å². The second-order valence-corrected chi connectivity index (χ2v) is 11.1. The van der Waals surface area contributed by atoms with Crippen molar-refractivity contribution in [3.8, 4) is 17.1 Å². The largest absolute Gasteiger partial charge is 0.497 e. The van der Waals surface area contributed by atoms with Crippen LogP contribution >= 0.6 is 18.9 Å². The van der Waals surface area contributed by atoms with Gasteiger partial charge in [-0.2, -0.15) is 0 Å². The molecule has 35 heavy (non-hydrogen) atoms. The molecule has 5 aromatic rings. The second kappa shape index (κ2) is 8.13. The lowest BCUT2D eigenvalue weighted by Crippen LogP contribution is -2.24. The van der Waals surface area contributed by atoms with Crippen LogP contribution in [0.25, 0.3) is 31.7 Å². The molecule has 0 radical (unpaired) electrons. The van der Waals surface area contributed by atoms with E-state index in [-0.39, 0.29) is 17.4 Å². The zero-order valence-corrected chi connectivity index (χ0v) is 20.3. The van der Waals surface area contributed by atoms with Crippen LogP contribution in [0.15, 0.2) is 58.2 Å². The van der Waals surface area contributed by atoms with Crippen molar-refractivity contribution >= 4 is 44.5 Å². The van der Waals surface area contributed by atoms with Crippen LogP contribution in [0.4, 0.5) is 0 Å². The van der Waals surface area contributed by atoms with E-state index in [0.29, 0.717) is 37.8 Å². The molecule has 6 rings (SSSR count). The van der Waals surface area contributed by atoms with E-state index < -0.39 is 7.60 Å². The van der Waals surface area contributed by atoms with E-state index >= 15 is 0 Å². The molecule has 1 aliphatic rings. The van der Waals surface area contributed by atoms with Crippen molar-refractivity contribution in [1.82, 2.24) is 14.5 Å². The molecule has 0 amide bonds. The number of ether oxygens (including phenoxy) is 1. The topological polar surface area (TPSA) is 128 Å². The molecule has 0 bridgehead atoms. The third-order valence-electron chi connectivity index (χ3n) is 6.23. The highest BCUT2D eigenvalue weighted by molar-refractivity contribution is 7.61. The Morgan fingerprint density at radius 2 is 2.09 bits per heavy atom. The fraction of sp³-hybridized carbons (Fsp3) is 0.208. The van der Waals surface area contributed by atoms with Gasteiger partial charge in [0.25, 0.3) is 5.56 Å². The summed E-state index contributed by atoms with van der Waals surface area (Å²) in [6.07, 6.45) is 4.95. The molecular weight excluding hydrogens is 489 g/mol. The summed E-state index contributed by atoms with van der Waals surface area (Å²) in [5.74, 6) is 2.04. The lowest BCUT2D eigenvalue weighted by atomic mass is 10.0. The third-order valence-corrected chi connectivity index (χ3v) is 8.51. The summed E-state index contributed by atoms with van der Waals surface area (Å²) in [6, 6.07) is 10.4. The summed E-state index contributed by atoms with van der Waals surface area (Å²) >= 11 is 1.12. The monoisotopic (exact) mass is 509 g/mol. The highest BCUT2D eigenvalue weighted by Crippen LogP contribution is 2.46. The average molecular weight is 509 g/mol. The maximum atomic E-state index is 14.0. The van der Waals surface area contributed by atoms with Crippen molar-refractivity contribution in [2.75, 3.05) is 7.11 Å².